The van der Waals surface area contributed by atoms with Gasteiger partial charge in [-0.25, -0.2) is 0 Å². The van der Waals surface area contributed by atoms with Gasteiger partial charge in [0.1, 0.15) is 0 Å². The molecule has 2 aromatic heterocycles. The van der Waals surface area contributed by atoms with Gasteiger partial charge in [-0.05, 0) is 18.2 Å². The van der Waals surface area contributed by atoms with E-state index in [2.05, 4.69) is 20.2 Å². The van der Waals surface area contributed by atoms with Gasteiger partial charge < -0.3 is 15.0 Å². The first-order valence-electron chi connectivity index (χ1n) is 8.26. The molecule has 1 saturated heterocycles. The summed E-state index contributed by atoms with van der Waals surface area (Å²) in [6, 6.07) is 7.46. The molecule has 0 atom stereocenters. The number of rotatable bonds is 4. The summed E-state index contributed by atoms with van der Waals surface area (Å²) in [5, 5.41) is 5.11. The molecule has 4 rings (SSSR count). The number of nitrogens with zero attached hydrogens (tertiary/aromatic N) is 2. The number of pyridine rings is 2. The van der Waals surface area contributed by atoms with E-state index in [9.17, 15) is 4.79 Å². The number of benzene rings is 1. The molecule has 0 spiro atoms. The number of halogens is 1. The van der Waals surface area contributed by atoms with Gasteiger partial charge >= 0.3 is 0 Å². The topological polar surface area (TPSA) is 70.2 Å². The van der Waals surface area contributed by atoms with Crippen LogP contribution in [0.3, 0.4) is 0 Å². The van der Waals surface area contributed by atoms with Gasteiger partial charge in [0.2, 0.25) is 0 Å². The van der Waals surface area contributed by atoms with Crippen molar-refractivity contribution in [3.8, 4) is 0 Å². The molecule has 0 aliphatic carbocycles. The van der Waals surface area contributed by atoms with Crippen LogP contribution in [0.4, 0.5) is 5.69 Å². The van der Waals surface area contributed by atoms with E-state index in [-0.39, 0.29) is 17.8 Å². The highest BCUT2D eigenvalue weighted by Crippen LogP contribution is 2.25. The fourth-order valence-corrected chi connectivity index (χ4v) is 3.21. The van der Waals surface area contributed by atoms with Crippen molar-refractivity contribution < 1.29 is 4.74 Å². The van der Waals surface area contributed by atoms with Crippen molar-refractivity contribution in [1.29, 1.82) is 0 Å². The maximum absolute atomic E-state index is 12.2. The fourth-order valence-electron chi connectivity index (χ4n) is 3.21. The van der Waals surface area contributed by atoms with Crippen molar-refractivity contribution in [3.05, 3.63) is 46.9 Å². The number of ether oxygens (including phenoxy) is 1. The van der Waals surface area contributed by atoms with Crippen molar-refractivity contribution in [3.63, 3.8) is 0 Å². The van der Waals surface area contributed by atoms with E-state index >= 15 is 0 Å². The third-order valence-corrected chi connectivity index (χ3v) is 4.48. The zero-order valence-electron chi connectivity index (χ0n) is 13.8. The summed E-state index contributed by atoms with van der Waals surface area (Å²) in [7, 11) is 0. The lowest BCUT2D eigenvalue weighted by Gasteiger charge is -2.26. The average Bonchev–Trinajstić information content (AvgIpc) is 2.62. The van der Waals surface area contributed by atoms with Crippen LogP contribution in [-0.2, 0) is 4.74 Å². The van der Waals surface area contributed by atoms with Crippen molar-refractivity contribution in [1.82, 2.24) is 14.9 Å². The molecule has 1 fully saturated rings. The molecular formula is C18H21ClN4O2. The minimum absolute atomic E-state index is 0. The van der Waals surface area contributed by atoms with Crippen molar-refractivity contribution in [2.24, 2.45) is 0 Å². The van der Waals surface area contributed by atoms with Crippen LogP contribution in [0.2, 0.25) is 0 Å². The SMILES string of the molecule is Cl.O=c1cc[nH]c2ccc3c(NCCN4CCOCC4)ccnc3c12. The third-order valence-electron chi connectivity index (χ3n) is 4.48. The second-order valence-electron chi connectivity index (χ2n) is 5.97. The Kier molecular flexibility index (Phi) is 5.53. The van der Waals surface area contributed by atoms with Crippen LogP contribution in [0.25, 0.3) is 21.8 Å². The molecule has 0 radical (unpaired) electrons. The maximum Gasteiger partial charge on any atom is 0.191 e. The largest absolute Gasteiger partial charge is 0.383 e. The van der Waals surface area contributed by atoms with Crippen molar-refractivity contribution in [2.75, 3.05) is 44.7 Å². The number of fused-ring (bicyclic) bond motifs is 3. The third kappa shape index (κ3) is 3.61. The molecule has 132 valence electrons. The molecule has 0 amide bonds. The lowest BCUT2D eigenvalue weighted by Crippen LogP contribution is -2.39. The summed E-state index contributed by atoms with van der Waals surface area (Å²) in [6.07, 6.45) is 3.42. The van der Waals surface area contributed by atoms with E-state index in [0.717, 1.165) is 61.5 Å². The van der Waals surface area contributed by atoms with Gasteiger partial charge in [-0.3, -0.25) is 14.7 Å². The average molecular weight is 361 g/mol. The quantitative estimate of drug-likeness (QED) is 0.698. The van der Waals surface area contributed by atoms with E-state index in [1.165, 1.54) is 0 Å². The highest BCUT2D eigenvalue weighted by molar-refractivity contribution is 6.07. The number of aromatic amines is 1. The van der Waals surface area contributed by atoms with Crippen LogP contribution >= 0.6 is 12.4 Å². The number of aromatic nitrogens is 2. The highest BCUT2D eigenvalue weighted by atomic mass is 35.5. The Morgan fingerprint density at radius 3 is 2.88 bits per heavy atom. The molecular weight excluding hydrogens is 340 g/mol. The molecule has 0 unspecified atom stereocenters. The Balaban J connectivity index is 0.00000182. The minimum atomic E-state index is -0.00711. The molecule has 25 heavy (non-hydrogen) atoms. The fraction of sp³-hybridized carbons (Fsp3) is 0.333. The Morgan fingerprint density at radius 1 is 1.20 bits per heavy atom. The summed E-state index contributed by atoms with van der Waals surface area (Å²) in [4.78, 5) is 22.2. The molecule has 7 heteroatoms. The number of anilines is 1. The van der Waals surface area contributed by atoms with Gasteiger partial charge in [-0.1, -0.05) is 0 Å². The van der Waals surface area contributed by atoms with E-state index in [1.807, 2.05) is 18.2 Å². The summed E-state index contributed by atoms with van der Waals surface area (Å²) in [5.74, 6) is 0. The second kappa shape index (κ2) is 7.82. The monoisotopic (exact) mass is 360 g/mol. The number of morpholine rings is 1. The van der Waals surface area contributed by atoms with Crippen LogP contribution in [0.1, 0.15) is 0 Å². The van der Waals surface area contributed by atoms with E-state index in [0.29, 0.717) is 5.39 Å². The number of H-pyrrole nitrogens is 1. The molecule has 0 bridgehead atoms. The van der Waals surface area contributed by atoms with Crippen LogP contribution in [-0.4, -0.2) is 54.3 Å². The van der Waals surface area contributed by atoms with E-state index in [1.54, 1.807) is 18.5 Å². The molecule has 2 N–H and O–H groups in total. The smallest absolute Gasteiger partial charge is 0.191 e. The Bertz CT molecular complexity index is 922. The van der Waals surface area contributed by atoms with Gasteiger partial charge in [0.25, 0.3) is 0 Å². The summed E-state index contributed by atoms with van der Waals surface area (Å²) < 4.78 is 5.37. The second-order valence-corrected chi connectivity index (χ2v) is 5.97. The summed E-state index contributed by atoms with van der Waals surface area (Å²) >= 11 is 0. The van der Waals surface area contributed by atoms with Gasteiger partial charge in [-0.2, -0.15) is 0 Å². The normalized spacial score (nSPS) is 15.2. The zero-order chi connectivity index (χ0) is 16.4. The molecule has 3 aromatic rings. The van der Waals surface area contributed by atoms with Crippen LogP contribution in [0.5, 0.6) is 0 Å². The Hall–Kier alpha value is -2.15. The molecule has 1 aliphatic heterocycles. The Morgan fingerprint density at radius 2 is 2.04 bits per heavy atom. The number of nitrogens with one attached hydrogen (secondary N) is 2. The van der Waals surface area contributed by atoms with E-state index in [4.69, 9.17) is 4.74 Å². The maximum atomic E-state index is 12.2. The first-order valence-corrected chi connectivity index (χ1v) is 8.26. The summed E-state index contributed by atoms with van der Waals surface area (Å²) in [6.45, 7) is 5.42. The lowest BCUT2D eigenvalue weighted by atomic mass is 10.1. The van der Waals surface area contributed by atoms with Crippen LogP contribution in [0.15, 0.2) is 41.5 Å². The molecule has 0 saturated carbocycles. The Labute approximate surface area is 151 Å². The predicted molar refractivity (Wildman–Crippen MR) is 103 cm³/mol. The number of hydrogen-bond acceptors (Lipinski definition) is 5. The molecule has 3 heterocycles. The summed E-state index contributed by atoms with van der Waals surface area (Å²) in [5.41, 5.74) is 2.56. The molecule has 1 aliphatic rings. The first kappa shape index (κ1) is 17.7. The van der Waals surface area contributed by atoms with Gasteiger partial charge in [-0.15, -0.1) is 12.4 Å². The van der Waals surface area contributed by atoms with Gasteiger partial charge in [0.05, 0.1) is 29.6 Å². The van der Waals surface area contributed by atoms with Gasteiger partial charge in [0, 0.05) is 55.7 Å². The van der Waals surface area contributed by atoms with Crippen molar-refractivity contribution in [2.45, 2.75) is 0 Å². The van der Waals surface area contributed by atoms with Gasteiger partial charge in [0.15, 0.2) is 5.43 Å². The van der Waals surface area contributed by atoms with Crippen LogP contribution in [0, 0.1) is 0 Å². The highest BCUT2D eigenvalue weighted by Gasteiger charge is 2.11. The molecule has 1 aromatic carbocycles. The number of hydrogen-bond donors (Lipinski definition) is 2. The minimum Gasteiger partial charge on any atom is -0.383 e. The predicted octanol–water partition coefficient (Wildman–Crippen LogP) is 2.24. The lowest BCUT2D eigenvalue weighted by molar-refractivity contribution is 0.0398. The van der Waals surface area contributed by atoms with Crippen LogP contribution < -0.4 is 10.7 Å². The standard InChI is InChI=1S/C18H20N4O2.ClH/c23-16-4-6-19-15-2-1-13-14(3-5-21-18(13)17(15)16)20-7-8-22-9-11-24-12-10-22;/h1-6H,7-12H2,(H,19,23)(H,20,21);1H. The zero-order valence-corrected chi connectivity index (χ0v) is 14.6. The molecule has 6 nitrogen and oxygen atoms in total. The first-order chi connectivity index (χ1) is 11.8. The van der Waals surface area contributed by atoms with Crippen molar-refractivity contribution >= 4 is 39.9 Å². The van der Waals surface area contributed by atoms with E-state index < -0.39 is 0 Å².